The van der Waals surface area contributed by atoms with E-state index >= 15 is 0 Å². The van der Waals surface area contributed by atoms with E-state index in [0.29, 0.717) is 0 Å². The first-order valence-electron chi connectivity index (χ1n) is 6.01. The fourth-order valence-electron chi connectivity index (χ4n) is 4.28. The highest BCUT2D eigenvalue weighted by Gasteiger charge is 2.53. The molecule has 4 saturated carbocycles. The van der Waals surface area contributed by atoms with Crippen molar-refractivity contribution in [1.29, 1.82) is 0 Å². The third-order valence-electron chi connectivity index (χ3n) is 4.32. The van der Waals surface area contributed by atoms with E-state index in [4.69, 9.17) is 9.78 Å². The van der Waals surface area contributed by atoms with Crippen LogP contribution in [-0.4, -0.2) is 11.6 Å². The molecule has 3 nitrogen and oxygen atoms in total. The Labute approximate surface area is 90.1 Å². The van der Waals surface area contributed by atoms with Gasteiger partial charge in [-0.1, -0.05) is 0 Å². The Morgan fingerprint density at radius 2 is 1.53 bits per heavy atom. The van der Waals surface area contributed by atoms with Crippen molar-refractivity contribution in [1.82, 2.24) is 0 Å². The van der Waals surface area contributed by atoms with Gasteiger partial charge in [0.05, 0.1) is 0 Å². The van der Waals surface area contributed by atoms with Crippen molar-refractivity contribution in [3.63, 3.8) is 0 Å². The molecule has 4 aliphatic carbocycles. The first-order valence-corrected chi connectivity index (χ1v) is 6.01. The van der Waals surface area contributed by atoms with Crippen LogP contribution in [0, 0.1) is 17.8 Å². The number of rotatable bonds is 2. The lowest BCUT2D eigenvalue weighted by Crippen LogP contribution is -2.52. The van der Waals surface area contributed by atoms with Gasteiger partial charge in [-0.3, -0.25) is 4.89 Å². The Morgan fingerprint density at radius 1 is 1.07 bits per heavy atom. The van der Waals surface area contributed by atoms with Gasteiger partial charge in [0.1, 0.15) is 5.60 Å². The molecular formula is C12H18O3. The van der Waals surface area contributed by atoms with E-state index in [1.165, 1.54) is 26.2 Å². The van der Waals surface area contributed by atoms with E-state index in [9.17, 15) is 4.79 Å². The standard InChI is InChI=1S/C12H18O3/c1-8(13)14-15-12-5-9-2-10(6-12)4-11(3-9)7-12/h9-11H,2-7H2,1H3. The molecule has 84 valence electrons. The molecule has 4 fully saturated rings. The van der Waals surface area contributed by atoms with E-state index in [-0.39, 0.29) is 11.6 Å². The van der Waals surface area contributed by atoms with E-state index in [0.717, 1.165) is 37.0 Å². The molecule has 3 heteroatoms. The van der Waals surface area contributed by atoms with Gasteiger partial charge in [-0.05, 0) is 56.3 Å². The molecule has 0 N–H and O–H groups in total. The molecule has 0 atom stereocenters. The maximum atomic E-state index is 10.8. The van der Waals surface area contributed by atoms with Crippen LogP contribution in [0.15, 0.2) is 0 Å². The van der Waals surface area contributed by atoms with Crippen LogP contribution in [0.3, 0.4) is 0 Å². The van der Waals surface area contributed by atoms with Crippen LogP contribution >= 0.6 is 0 Å². The Hall–Kier alpha value is -0.570. The summed E-state index contributed by atoms with van der Waals surface area (Å²) < 4.78 is 0. The van der Waals surface area contributed by atoms with E-state index in [1.807, 2.05) is 0 Å². The van der Waals surface area contributed by atoms with Crippen molar-refractivity contribution in [2.75, 3.05) is 0 Å². The van der Waals surface area contributed by atoms with Crippen molar-refractivity contribution >= 4 is 5.97 Å². The maximum Gasteiger partial charge on any atom is 0.339 e. The molecule has 0 heterocycles. The van der Waals surface area contributed by atoms with Crippen molar-refractivity contribution in [3.8, 4) is 0 Å². The second-order valence-corrected chi connectivity index (χ2v) is 5.76. The van der Waals surface area contributed by atoms with E-state index in [1.54, 1.807) is 0 Å². The highest BCUT2D eigenvalue weighted by molar-refractivity contribution is 5.65. The molecule has 15 heavy (non-hydrogen) atoms. The Kier molecular flexibility index (Phi) is 2.06. The summed E-state index contributed by atoms with van der Waals surface area (Å²) in [6, 6.07) is 0. The van der Waals surface area contributed by atoms with Crippen LogP contribution in [0.5, 0.6) is 0 Å². The molecule has 0 unspecified atom stereocenters. The zero-order chi connectivity index (χ0) is 10.5. The molecule has 0 saturated heterocycles. The van der Waals surface area contributed by atoms with Gasteiger partial charge in [-0.15, -0.1) is 0 Å². The predicted octanol–water partition coefficient (Wildman–Crippen LogP) is 2.45. The molecule has 0 aliphatic heterocycles. The zero-order valence-electron chi connectivity index (χ0n) is 9.20. The van der Waals surface area contributed by atoms with Crippen LogP contribution in [-0.2, 0) is 14.6 Å². The van der Waals surface area contributed by atoms with Crippen molar-refractivity contribution in [2.45, 2.75) is 51.0 Å². The minimum Gasteiger partial charge on any atom is -0.298 e. The highest BCUT2D eigenvalue weighted by atomic mass is 17.2. The number of hydrogen-bond donors (Lipinski definition) is 0. The van der Waals surface area contributed by atoms with E-state index in [2.05, 4.69) is 0 Å². The fraction of sp³-hybridized carbons (Fsp3) is 0.917. The summed E-state index contributed by atoms with van der Waals surface area (Å²) in [5.41, 5.74) is -0.111. The lowest BCUT2D eigenvalue weighted by atomic mass is 9.54. The second-order valence-electron chi connectivity index (χ2n) is 5.76. The quantitative estimate of drug-likeness (QED) is 0.518. The predicted molar refractivity (Wildman–Crippen MR) is 53.8 cm³/mol. The minimum absolute atomic E-state index is 0.111. The molecule has 4 aliphatic rings. The largest absolute Gasteiger partial charge is 0.339 e. The Morgan fingerprint density at radius 3 is 1.93 bits per heavy atom. The van der Waals surface area contributed by atoms with Gasteiger partial charge in [-0.25, -0.2) is 4.79 Å². The first kappa shape index (κ1) is 9.64. The van der Waals surface area contributed by atoms with Crippen LogP contribution in [0.25, 0.3) is 0 Å². The third-order valence-corrected chi connectivity index (χ3v) is 4.32. The van der Waals surface area contributed by atoms with Crippen LogP contribution in [0.1, 0.15) is 45.4 Å². The van der Waals surface area contributed by atoms with Crippen molar-refractivity contribution in [3.05, 3.63) is 0 Å². The molecule has 0 aromatic rings. The highest BCUT2D eigenvalue weighted by Crippen LogP contribution is 2.57. The number of carbonyl (C=O) groups excluding carboxylic acids is 1. The monoisotopic (exact) mass is 210 g/mol. The van der Waals surface area contributed by atoms with Crippen LogP contribution < -0.4 is 0 Å². The van der Waals surface area contributed by atoms with Crippen molar-refractivity contribution in [2.24, 2.45) is 17.8 Å². The van der Waals surface area contributed by atoms with Gasteiger partial charge < -0.3 is 0 Å². The van der Waals surface area contributed by atoms with Gasteiger partial charge >= 0.3 is 5.97 Å². The average Bonchev–Trinajstić information content (AvgIpc) is 2.12. The Balaban J connectivity index is 1.72. The fourth-order valence-corrected chi connectivity index (χ4v) is 4.28. The first-order chi connectivity index (χ1) is 7.15. The summed E-state index contributed by atoms with van der Waals surface area (Å²) in [7, 11) is 0. The van der Waals surface area contributed by atoms with Gasteiger partial charge in [0.15, 0.2) is 0 Å². The molecule has 0 spiro atoms. The normalized spacial score (nSPS) is 46.9. The topological polar surface area (TPSA) is 35.5 Å². The number of hydrogen-bond acceptors (Lipinski definition) is 3. The van der Waals surface area contributed by atoms with Crippen molar-refractivity contribution < 1.29 is 14.6 Å². The average molecular weight is 210 g/mol. The molecular weight excluding hydrogens is 192 g/mol. The molecule has 0 radical (unpaired) electrons. The lowest BCUT2D eigenvalue weighted by molar-refractivity contribution is -0.359. The minimum atomic E-state index is -0.328. The van der Waals surface area contributed by atoms with Gasteiger partial charge in [0.25, 0.3) is 0 Å². The summed E-state index contributed by atoms with van der Waals surface area (Å²) in [6.45, 7) is 1.40. The van der Waals surface area contributed by atoms with Gasteiger partial charge in [0.2, 0.25) is 0 Å². The Bertz CT molecular complexity index is 249. The van der Waals surface area contributed by atoms with Gasteiger partial charge in [0, 0.05) is 6.92 Å². The van der Waals surface area contributed by atoms with Gasteiger partial charge in [-0.2, -0.15) is 4.89 Å². The molecule has 0 aromatic heterocycles. The lowest BCUT2D eigenvalue weighted by Gasteiger charge is -2.54. The molecule has 4 rings (SSSR count). The summed E-state index contributed by atoms with van der Waals surface area (Å²) in [4.78, 5) is 21.0. The van der Waals surface area contributed by atoms with Crippen LogP contribution in [0.4, 0.5) is 0 Å². The summed E-state index contributed by atoms with van der Waals surface area (Å²) >= 11 is 0. The SMILES string of the molecule is CC(=O)OOC12CC3CC(CC(C3)C1)C2. The molecule has 0 amide bonds. The zero-order valence-corrected chi connectivity index (χ0v) is 9.20. The summed E-state index contributed by atoms with van der Waals surface area (Å²) in [5, 5.41) is 0. The van der Waals surface area contributed by atoms with E-state index < -0.39 is 0 Å². The summed E-state index contributed by atoms with van der Waals surface area (Å²) in [6.07, 6.45) is 7.44. The smallest absolute Gasteiger partial charge is 0.298 e. The second kappa shape index (κ2) is 3.21. The molecule has 0 aromatic carbocycles. The maximum absolute atomic E-state index is 10.8. The third kappa shape index (κ3) is 1.67. The number of carbonyl (C=O) groups is 1. The molecule has 4 bridgehead atoms. The van der Waals surface area contributed by atoms with Crippen LogP contribution in [0.2, 0.25) is 0 Å². The summed E-state index contributed by atoms with van der Waals surface area (Å²) in [5.74, 6) is 2.15.